The van der Waals surface area contributed by atoms with Gasteiger partial charge in [0.1, 0.15) is 0 Å². The first kappa shape index (κ1) is 14.3. The van der Waals surface area contributed by atoms with E-state index in [-0.39, 0.29) is 4.88 Å². The van der Waals surface area contributed by atoms with Crippen LogP contribution in [0.4, 0.5) is 8.78 Å². The van der Waals surface area contributed by atoms with Crippen molar-refractivity contribution in [3.63, 3.8) is 0 Å². The summed E-state index contributed by atoms with van der Waals surface area (Å²) < 4.78 is 23.8. The van der Waals surface area contributed by atoms with E-state index < -0.39 is 24.8 Å². The second kappa shape index (κ2) is 6.25. The lowest BCUT2D eigenvalue weighted by atomic mass is 10.2. The molecule has 7 heteroatoms. The first-order valence-corrected chi connectivity index (χ1v) is 5.79. The van der Waals surface area contributed by atoms with Gasteiger partial charge in [-0.1, -0.05) is 0 Å². The van der Waals surface area contributed by atoms with Crippen LogP contribution in [0.25, 0.3) is 6.08 Å². The molecule has 1 amide bonds. The summed E-state index contributed by atoms with van der Waals surface area (Å²) in [6.07, 6.45) is -0.271. The van der Waals surface area contributed by atoms with Gasteiger partial charge >= 0.3 is 5.97 Å². The molecule has 0 aromatic carbocycles. The summed E-state index contributed by atoms with van der Waals surface area (Å²) in [5.74, 6) is -1.68. The fourth-order valence-corrected chi connectivity index (χ4v) is 2.17. The zero-order valence-corrected chi connectivity index (χ0v) is 10.3. The van der Waals surface area contributed by atoms with E-state index in [1.54, 1.807) is 6.92 Å². The Balaban J connectivity index is 2.77. The molecule has 0 aliphatic heterocycles. The van der Waals surface area contributed by atoms with Crippen LogP contribution < -0.4 is 5.32 Å². The number of rotatable bonds is 5. The Labute approximate surface area is 106 Å². The number of carbonyl (C=O) groups is 2. The van der Waals surface area contributed by atoms with Gasteiger partial charge in [-0.25, -0.2) is 13.6 Å². The molecule has 0 atom stereocenters. The smallest absolute Gasteiger partial charge is 0.328 e. The standard InChI is InChI=1S/C11H11F2NO3S/c1-6-4-8(11(17)14-5-9(12)13)18-7(6)2-3-10(15)16/h2-4,9H,5H2,1H3,(H,14,17)(H,15,16)/b3-2+. The van der Waals surface area contributed by atoms with E-state index in [9.17, 15) is 18.4 Å². The lowest BCUT2D eigenvalue weighted by Crippen LogP contribution is -2.27. The average molecular weight is 275 g/mol. The van der Waals surface area contributed by atoms with Crippen molar-refractivity contribution in [2.75, 3.05) is 6.54 Å². The largest absolute Gasteiger partial charge is 0.478 e. The monoisotopic (exact) mass is 275 g/mol. The molecule has 0 radical (unpaired) electrons. The van der Waals surface area contributed by atoms with E-state index in [0.29, 0.717) is 4.88 Å². The SMILES string of the molecule is Cc1cc(C(=O)NCC(F)F)sc1/C=C/C(=O)O. The Bertz CT molecular complexity index is 483. The van der Waals surface area contributed by atoms with Gasteiger partial charge < -0.3 is 10.4 Å². The number of halogens is 2. The van der Waals surface area contributed by atoms with Gasteiger partial charge in [0.2, 0.25) is 0 Å². The Morgan fingerprint density at radius 2 is 2.22 bits per heavy atom. The summed E-state index contributed by atoms with van der Waals surface area (Å²) in [7, 11) is 0. The van der Waals surface area contributed by atoms with Crippen LogP contribution in [-0.2, 0) is 4.79 Å². The van der Waals surface area contributed by atoms with Crippen molar-refractivity contribution in [3.8, 4) is 0 Å². The Morgan fingerprint density at radius 3 is 2.78 bits per heavy atom. The molecule has 0 aliphatic rings. The van der Waals surface area contributed by atoms with Crippen molar-refractivity contribution >= 4 is 29.3 Å². The lowest BCUT2D eigenvalue weighted by Gasteiger charge is -2.00. The van der Waals surface area contributed by atoms with Crippen molar-refractivity contribution in [3.05, 3.63) is 27.5 Å². The van der Waals surface area contributed by atoms with Crippen LogP contribution in [0.15, 0.2) is 12.1 Å². The van der Waals surface area contributed by atoms with Gasteiger partial charge in [-0.3, -0.25) is 4.79 Å². The van der Waals surface area contributed by atoms with Crippen molar-refractivity contribution in [2.24, 2.45) is 0 Å². The maximum absolute atomic E-state index is 11.9. The number of carbonyl (C=O) groups excluding carboxylic acids is 1. The van der Waals surface area contributed by atoms with E-state index in [2.05, 4.69) is 5.32 Å². The van der Waals surface area contributed by atoms with Crippen LogP contribution in [0.5, 0.6) is 0 Å². The van der Waals surface area contributed by atoms with E-state index in [4.69, 9.17) is 5.11 Å². The molecule has 1 heterocycles. The molecule has 0 bridgehead atoms. The number of amides is 1. The zero-order chi connectivity index (χ0) is 13.7. The van der Waals surface area contributed by atoms with Gasteiger partial charge in [-0.15, -0.1) is 11.3 Å². The predicted octanol–water partition coefficient (Wildman–Crippen LogP) is 2.15. The van der Waals surface area contributed by atoms with E-state index >= 15 is 0 Å². The number of aliphatic carboxylic acids is 1. The maximum Gasteiger partial charge on any atom is 0.328 e. The molecule has 0 saturated carbocycles. The molecule has 0 aliphatic carbocycles. The Kier molecular flexibility index (Phi) is 4.96. The number of alkyl halides is 2. The predicted molar refractivity (Wildman–Crippen MR) is 64.1 cm³/mol. The second-order valence-electron chi connectivity index (χ2n) is 3.43. The highest BCUT2D eigenvalue weighted by molar-refractivity contribution is 7.15. The van der Waals surface area contributed by atoms with Gasteiger partial charge in [-0.05, 0) is 24.6 Å². The number of thiophene rings is 1. The highest BCUT2D eigenvalue weighted by Gasteiger charge is 2.12. The molecular weight excluding hydrogens is 264 g/mol. The quantitative estimate of drug-likeness (QED) is 0.809. The van der Waals surface area contributed by atoms with Crippen molar-refractivity contribution < 1.29 is 23.5 Å². The minimum Gasteiger partial charge on any atom is -0.478 e. The molecule has 0 unspecified atom stereocenters. The zero-order valence-electron chi connectivity index (χ0n) is 9.44. The molecule has 0 spiro atoms. The van der Waals surface area contributed by atoms with Gasteiger partial charge in [0.25, 0.3) is 12.3 Å². The van der Waals surface area contributed by atoms with Crippen LogP contribution in [0.1, 0.15) is 20.1 Å². The van der Waals surface area contributed by atoms with Crippen LogP contribution >= 0.6 is 11.3 Å². The molecule has 1 aromatic heterocycles. The summed E-state index contributed by atoms with van der Waals surface area (Å²) in [5.41, 5.74) is 0.722. The topological polar surface area (TPSA) is 66.4 Å². The normalized spacial score (nSPS) is 11.1. The van der Waals surface area contributed by atoms with Crippen molar-refractivity contribution in [1.82, 2.24) is 5.32 Å². The Morgan fingerprint density at radius 1 is 1.56 bits per heavy atom. The van der Waals surface area contributed by atoms with Crippen molar-refractivity contribution in [1.29, 1.82) is 0 Å². The highest BCUT2D eigenvalue weighted by Crippen LogP contribution is 2.23. The third kappa shape index (κ3) is 4.25. The molecule has 0 fully saturated rings. The van der Waals surface area contributed by atoms with Crippen LogP contribution in [0, 0.1) is 6.92 Å². The number of carboxylic acid groups (broad SMARTS) is 1. The molecular formula is C11H11F2NO3S. The number of nitrogens with one attached hydrogen (secondary N) is 1. The van der Waals surface area contributed by atoms with Crippen LogP contribution in [0.2, 0.25) is 0 Å². The summed E-state index contributed by atoms with van der Waals surface area (Å²) in [4.78, 5) is 22.7. The highest BCUT2D eigenvalue weighted by atomic mass is 32.1. The first-order chi connectivity index (χ1) is 8.40. The average Bonchev–Trinajstić information content (AvgIpc) is 2.65. The van der Waals surface area contributed by atoms with E-state index in [1.165, 1.54) is 12.1 Å². The second-order valence-corrected chi connectivity index (χ2v) is 4.51. The van der Waals surface area contributed by atoms with Gasteiger partial charge in [0.05, 0.1) is 11.4 Å². The summed E-state index contributed by atoms with van der Waals surface area (Å²) >= 11 is 1.05. The summed E-state index contributed by atoms with van der Waals surface area (Å²) in [6, 6.07) is 1.53. The van der Waals surface area contributed by atoms with Crippen LogP contribution in [0.3, 0.4) is 0 Å². The third-order valence-electron chi connectivity index (χ3n) is 1.97. The fraction of sp³-hybridized carbons (Fsp3) is 0.273. The van der Waals surface area contributed by atoms with Crippen molar-refractivity contribution in [2.45, 2.75) is 13.3 Å². The number of hydrogen-bond donors (Lipinski definition) is 2. The maximum atomic E-state index is 11.9. The third-order valence-corrected chi connectivity index (χ3v) is 3.18. The number of carboxylic acids is 1. The molecule has 1 rings (SSSR count). The van der Waals surface area contributed by atoms with Gasteiger partial charge in [-0.2, -0.15) is 0 Å². The Hall–Kier alpha value is -1.76. The van der Waals surface area contributed by atoms with Crippen LogP contribution in [-0.4, -0.2) is 30.0 Å². The molecule has 18 heavy (non-hydrogen) atoms. The molecule has 4 nitrogen and oxygen atoms in total. The molecule has 98 valence electrons. The van der Waals surface area contributed by atoms with Gasteiger partial charge in [0, 0.05) is 11.0 Å². The summed E-state index contributed by atoms with van der Waals surface area (Å²) in [5, 5.41) is 10.6. The van der Waals surface area contributed by atoms with Gasteiger partial charge in [0.15, 0.2) is 0 Å². The molecule has 1 aromatic rings. The lowest BCUT2D eigenvalue weighted by molar-refractivity contribution is -0.131. The minimum absolute atomic E-state index is 0.276. The summed E-state index contributed by atoms with van der Waals surface area (Å²) in [6.45, 7) is 1.01. The molecule has 2 N–H and O–H groups in total. The molecule has 0 saturated heterocycles. The number of aryl methyl sites for hydroxylation is 1. The van der Waals surface area contributed by atoms with E-state index in [1.807, 2.05) is 0 Å². The van der Waals surface area contributed by atoms with E-state index in [0.717, 1.165) is 23.0 Å². The fourth-order valence-electron chi connectivity index (χ4n) is 1.18. The first-order valence-electron chi connectivity index (χ1n) is 4.98. The number of hydrogen-bond acceptors (Lipinski definition) is 3. The minimum atomic E-state index is -2.60.